The minimum absolute atomic E-state index is 0.00232. The van der Waals surface area contributed by atoms with E-state index in [-0.39, 0.29) is 23.8 Å². The van der Waals surface area contributed by atoms with E-state index >= 15 is 0 Å². The Morgan fingerprint density at radius 1 is 1.15 bits per heavy atom. The van der Waals surface area contributed by atoms with Crippen molar-refractivity contribution in [3.63, 3.8) is 0 Å². The van der Waals surface area contributed by atoms with Gasteiger partial charge in [0.15, 0.2) is 0 Å². The Morgan fingerprint density at radius 3 is 2.44 bits per heavy atom. The van der Waals surface area contributed by atoms with Crippen LogP contribution >= 0.6 is 0 Å². The molecule has 1 atom stereocenters. The number of nitrogens with zero attached hydrogens (tertiary/aromatic N) is 2. The largest absolute Gasteiger partial charge is 0.496 e. The molecule has 3 rings (SSSR count). The lowest BCUT2D eigenvalue weighted by Gasteiger charge is -2.32. The van der Waals surface area contributed by atoms with Gasteiger partial charge in [0, 0.05) is 38.0 Å². The van der Waals surface area contributed by atoms with Crippen molar-refractivity contribution < 1.29 is 14.3 Å². The van der Waals surface area contributed by atoms with Gasteiger partial charge in [-0.15, -0.1) is 0 Å². The number of hydrogen-bond acceptors (Lipinski definition) is 4. The number of amides is 2. The van der Waals surface area contributed by atoms with Gasteiger partial charge in [0.25, 0.3) is 0 Å². The molecule has 0 bridgehead atoms. The Kier molecular flexibility index (Phi) is 6.72. The van der Waals surface area contributed by atoms with Crippen LogP contribution in [0.4, 0.5) is 0 Å². The molecule has 1 aromatic rings. The topological polar surface area (TPSA) is 61.9 Å². The van der Waals surface area contributed by atoms with Crippen molar-refractivity contribution in [2.24, 2.45) is 5.92 Å². The van der Waals surface area contributed by atoms with E-state index in [1.54, 1.807) is 14.0 Å². The van der Waals surface area contributed by atoms with E-state index in [1.165, 1.54) is 12.8 Å². The second-order valence-corrected chi connectivity index (χ2v) is 7.53. The zero-order chi connectivity index (χ0) is 19.2. The van der Waals surface area contributed by atoms with Gasteiger partial charge in [-0.25, -0.2) is 0 Å². The molecular weight excluding hydrogens is 342 g/mol. The molecule has 148 valence electrons. The van der Waals surface area contributed by atoms with Crippen LogP contribution in [0.1, 0.15) is 44.2 Å². The van der Waals surface area contributed by atoms with Crippen molar-refractivity contribution in [2.45, 2.75) is 38.6 Å². The molecule has 2 fully saturated rings. The van der Waals surface area contributed by atoms with Crippen LogP contribution in [0.25, 0.3) is 0 Å². The summed E-state index contributed by atoms with van der Waals surface area (Å²) in [5, 5.41) is 3.18. The molecule has 2 amide bonds. The molecule has 2 heterocycles. The molecular formula is C21H31N3O3. The molecule has 2 aliphatic rings. The van der Waals surface area contributed by atoms with Crippen LogP contribution in [0.15, 0.2) is 24.3 Å². The molecule has 0 radical (unpaired) electrons. The Balaban J connectivity index is 1.63. The van der Waals surface area contributed by atoms with Crippen LogP contribution in [-0.4, -0.2) is 61.4 Å². The lowest BCUT2D eigenvalue weighted by atomic mass is 9.95. The molecule has 2 saturated heterocycles. The summed E-state index contributed by atoms with van der Waals surface area (Å²) in [5.41, 5.74) is 1.13. The van der Waals surface area contributed by atoms with E-state index in [4.69, 9.17) is 4.74 Å². The number of carbonyl (C=O) groups is 2. The van der Waals surface area contributed by atoms with E-state index in [9.17, 15) is 9.59 Å². The minimum Gasteiger partial charge on any atom is -0.496 e. The van der Waals surface area contributed by atoms with E-state index < -0.39 is 0 Å². The second kappa shape index (κ2) is 9.22. The third kappa shape index (κ3) is 4.80. The maximum atomic E-state index is 12.7. The molecule has 2 aliphatic heterocycles. The number of nitrogens with one attached hydrogen (secondary N) is 1. The fourth-order valence-corrected chi connectivity index (χ4v) is 4.23. The third-order valence-electron chi connectivity index (χ3n) is 5.86. The lowest BCUT2D eigenvalue weighted by Crippen LogP contribution is -2.44. The number of para-hydroxylation sites is 1. The van der Waals surface area contributed by atoms with E-state index in [1.807, 2.05) is 23.1 Å². The normalized spacial score (nSPS) is 19.7. The summed E-state index contributed by atoms with van der Waals surface area (Å²) in [6.45, 7) is 5.64. The van der Waals surface area contributed by atoms with Gasteiger partial charge in [0.2, 0.25) is 11.8 Å². The first kappa shape index (κ1) is 19.7. The number of ether oxygens (including phenoxy) is 1. The first-order valence-corrected chi connectivity index (χ1v) is 10.0. The number of methoxy groups -OCH3 is 1. The maximum absolute atomic E-state index is 12.7. The van der Waals surface area contributed by atoms with E-state index in [2.05, 4.69) is 16.3 Å². The van der Waals surface area contributed by atoms with Crippen molar-refractivity contribution in [3.8, 4) is 5.75 Å². The van der Waals surface area contributed by atoms with Crippen LogP contribution in [0.3, 0.4) is 0 Å². The predicted molar refractivity (Wildman–Crippen MR) is 105 cm³/mol. The zero-order valence-electron chi connectivity index (χ0n) is 16.4. The van der Waals surface area contributed by atoms with Gasteiger partial charge in [-0.1, -0.05) is 18.2 Å². The molecule has 1 N–H and O–H groups in total. The monoisotopic (exact) mass is 373 g/mol. The van der Waals surface area contributed by atoms with Gasteiger partial charge in [0.05, 0.1) is 13.2 Å². The molecule has 1 unspecified atom stereocenters. The Labute approximate surface area is 161 Å². The molecule has 0 aliphatic carbocycles. The first-order chi connectivity index (χ1) is 13.1. The predicted octanol–water partition coefficient (Wildman–Crippen LogP) is 2.21. The molecule has 0 aromatic heterocycles. The molecule has 6 nitrogen and oxygen atoms in total. The number of rotatable bonds is 6. The van der Waals surface area contributed by atoms with Crippen molar-refractivity contribution in [1.82, 2.24) is 15.1 Å². The van der Waals surface area contributed by atoms with Crippen molar-refractivity contribution >= 4 is 11.8 Å². The number of benzene rings is 1. The summed E-state index contributed by atoms with van der Waals surface area (Å²) in [5.74, 6) is 1.08. The van der Waals surface area contributed by atoms with Gasteiger partial charge in [-0.3, -0.25) is 14.5 Å². The highest BCUT2D eigenvalue weighted by Crippen LogP contribution is 2.31. The van der Waals surface area contributed by atoms with E-state index in [0.717, 1.165) is 37.2 Å². The molecule has 6 heteroatoms. The van der Waals surface area contributed by atoms with Crippen LogP contribution in [0.5, 0.6) is 5.75 Å². The molecule has 27 heavy (non-hydrogen) atoms. The third-order valence-corrected chi connectivity index (χ3v) is 5.86. The summed E-state index contributed by atoms with van der Waals surface area (Å²) in [6.07, 6.45) is 3.88. The fraction of sp³-hybridized carbons (Fsp3) is 0.619. The summed E-state index contributed by atoms with van der Waals surface area (Å²) < 4.78 is 5.57. The average Bonchev–Trinajstić information content (AvgIpc) is 3.23. The number of carbonyl (C=O) groups excluding carboxylic acids is 2. The lowest BCUT2D eigenvalue weighted by molar-refractivity contribution is -0.134. The average molecular weight is 373 g/mol. The van der Waals surface area contributed by atoms with Gasteiger partial charge < -0.3 is 15.0 Å². The smallest absolute Gasteiger partial charge is 0.223 e. The van der Waals surface area contributed by atoms with Crippen molar-refractivity contribution in [2.75, 3.05) is 39.8 Å². The Morgan fingerprint density at radius 2 is 1.81 bits per heavy atom. The Hall–Kier alpha value is -2.08. The summed E-state index contributed by atoms with van der Waals surface area (Å²) >= 11 is 0. The highest BCUT2D eigenvalue weighted by atomic mass is 16.5. The number of piperidine rings is 1. The van der Waals surface area contributed by atoms with Crippen molar-refractivity contribution in [1.29, 1.82) is 0 Å². The number of hydrogen-bond donors (Lipinski definition) is 1. The summed E-state index contributed by atoms with van der Waals surface area (Å²) in [7, 11) is 1.70. The minimum atomic E-state index is -0.00232. The standard InChI is InChI=1S/C21H31N3O3/c1-16(25)23-13-9-17(10-14-23)21(26)22-15-19(24-11-5-6-12-24)18-7-3-4-8-20(18)27-2/h3-4,7-8,17,19H,5-6,9-15H2,1-2H3,(H,22,26). The van der Waals surface area contributed by atoms with Crippen LogP contribution in [0, 0.1) is 5.92 Å². The second-order valence-electron chi connectivity index (χ2n) is 7.53. The Bertz CT molecular complexity index is 650. The maximum Gasteiger partial charge on any atom is 0.223 e. The van der Waals surface area contributed by atoms with Gasteiger partial charge in [-0.05, 0) is 44.8 Å². The summed E-state index contributed by atoms with van der Waals surface area (Å²) in [6, 6.07) is 8.21. The van der Waals surface area contributed by atoms with E-state index in [0.29, 0.717) is 19.6 Å². The van der Waals surface area contributed by atoms with Crippen LogP contribution in [-0.2, 0) is 9.59 Å². The zero-order valence-corrected chi connectivity index (χ0v) is 16.4. The number of likely N-dealkylation sites (tertiary alicyclic amines) is 2. The molecule has 0 saturated carbocycles. The first-order valence-electron chi connectivity index (χ1n) is 10.0. The van der Waals surface area contributed by atoms with Gasteiger partial charge in [-0.2, -0.15) is 0 Å². The van der Waals surface area contributed by atoms with Crippen molar-refractivity contribution in [3.05, 3.63) is 29.8 Å². The SMILES string of the molecule is COc1ccccc1C(CNC(=O)C1CCN(C(C)=O)CC1)N1CCCC1. The highest BCUT2D eigenvalue weighted by Gasteiger charge is 2.29. The van der Waals surface area contributed by atoms with Crippen LogP contribution in [0.2, 0.25) is 0 Å². The molecule has 1 aromatic carbocycles. The van der Waals surface area contributed by atoms with Gasteiger partial charge >= 0.3 is 0 Å². The fourth-order valence-electron chi connectivity index (χ4n) is 4.23. The molecule has 0 spiro atoms. The summed E-state index contributed by atoms with van der Waals surface area (Å²) in [4.78, 5) is 28.4. The quantitative estimate of drug-likeness (QED) is 0.830. The van der Waals surface area contributed by atoms with Crippen LogP contribution < -0.4 is 10.1 Å². The van der Waals surface area contributed by atoms with Gasteiger partial charge in [0.1, 0.15) is 5.75 Å². The highest BCUT2D eigenvalue weighted by molar-refractivity contribution is 5.79.